The highest BCUT2D eigenvalue weighted by Crippen LogP contribution is 2.02. The molecule has 1 aliphatic heterocycles. The molecule has 1 fully saturated rings. The normalized spacial score (nSPS) is 18.0. The Balaban J connectivity index is 0. The van der Waals surface area contributed by atoms with Gasteiger partial charge < -0.3 is 15.3 Å². The predicted molar refractivity (Wildman–Crippen MR) is 91.3 cm³/mol. The molecule has 0 atom stereocenters. The first-order valence-corrected chi connectivity index (χ1v) is 7.19. The van der Waals surface area contributed by atoms with E-state index in [1.54, 1.807) is 14.7 Å². The second kappa shape index (κ2) is 13.2. The summed E-state index contributed by atoms with van der Waals surface area (Å²) in [5.41, 5.74) is 0. The molecule has 0 spiro atoms. The molecule has 0 amide bonds. The first-order valence-electron chi connectivity index (χ1n) is 7.19. The van der Waals surface area contributed by atoms with Crippen LogP contribution in [-0.4, -0.2) is 107 Å². The maximum absolute atomic E-state index is 10.9. The lowest BCUT2D eigenvalue weighted by atomic mass is 10.3. The van der Waals surface area contributed by atoms with Gasteiger partial charge >= 0.3 is 17.9 Å². The number of nitrogens with zero attached hydrogens (tertiary/aromatic N) is 3. The largest absolute Gasteiger partial charge is 0.480 e. The predicted octanol–water partition coefficient (Wildman–Crippen LogP) is -0.606. The highest BCUT2D eigenvalue weighted by atomic mass is 35.5. The molecular formula is C13H25Cl2N3O6. The van der Waals surface area contributed by atoms with Gasteiger partial charge in [-0.3, -0.25) is 29.1 Å². The van der Waals surface area contributed by atoms with Crippen molar-refractivity contribution in [1.82, 2.24) is 14.7 Å². The minimum atomic E-state index is -0.952. The smallest absolute Gasteiger partial charge is 0.317 e. The molecule has 0 aromatic heterocycles. The number of aliphatic carboxylic acids is 3. The molecule has 1 saturated heterocycles. The summed E-state index contributed by atoms with van der Waals surface area (Å²) >= 11 is 0. The maximum Gasteiger partial charge on any atom is 0.317 e. The van der Waals surface area contributed by atoms with Crippen molar-refractivity contribution in [2.45, 2.75) is 6.42 Å². The fraction of sp³-hybridized carbons (Fsp3) is 0.769. The summed E-state index contributed by atoms with van der Waals surface area (Å²) < 4.78 is 0. The molecule has 3 N–H and O–H groups in total. The first kappa shape index (κ1) is 25.1. The molecule has 0 bridgehead atoms. The van der Waals surface area contributed by atoms with E-state index >= 15 is 0 Å². The second-order valence-electron chi connectivity index (χ2n) is 5.36. The number of carboxylic acids is 3. The Morgan fingerprint density at radius 3 is 1.08 bits per heavy atom. The van der Waals surface area contributed by atoms with Crippen molar-refractivity contribution in [2.24, 2.45) is 0 Å². The molecule has 9 nitrogen and oxygen atoms in total. The lowest BCUT2D eigenvalue weighted by Crippen LogP contribution is -2.46. The van der Waals surface area contributed by atoms with E-state index in [0.29, 0.717) is 45.7 Å². The van der Waals surface area contributed by atoms with Gasteiger partial charge in [0.25, 0.3) is 0 Å². The first-order chi connectivity index (χ1) is 10.4. The van der Waals surface area contributed by atoms with Crippen LogP contribution >= 0.6 is 24.8 Å². The van der Waals surface area contributed by atoms with Gasteiger partial charge in [0.15, 0.2) is 0 Å². The van der Waals surface area contributed by atoms with Gasteiger partial charge in [-0.15, -0.1) is 24.8 Å². The Hall–Kier alpha value is -1.13. The topological polar surface area (TPSA) is 122 Å². The summed E-state index contributed by atoms with van der Waals surface area (Å²) in [4.78, 5) is 37.8. The van der Waals surface area contributed by atoms with Crippen LogP contribution in [0.2, 0.25) is 0 Å². The third-order valence-electron chi connectivity index (χ3n) is 3.49. The number of hydrogen-bond acceptors (Lipinski definition) is 6. The van der Waals surface area contributed by atoms with Gasteiger partial charge in [0.05, 0.1) is 19.6 Å². The molecule has 0 aliphatic carbocycles. The Kier molecular flexibility index (Phi) is 13.8. The van der Waals surface area contributed by atoms with Gasteiger partial charge in [0.1, 0.15) is 0 Å². The second-order valence-corrected chi connectivity index (χ2v) is 5.36. The summed E-state index contributed by atoms with van der Waals surface area (Å²) in [6.45, 7) is 2.62. The van der Waals surface area contributed by atoms with Crippen molar-refractivity contribution in [3.8, 4) is 0 Å². The molecule has 142 valence electrons. The summed E-state index contributed by atoms with van der Waals surface area (Å²) in [5.74, 6) is -2.81. The lowest BCUT2D eigenvalue weighted by molar-refractivity contribution is -0.140. The van der Waals surface area contributed by atoms with Crippen LogP contribution in [-0.2, 0) is 14.4 Å². The van der Waals surface area contributed by atoms with Crippen LogP contribution < -0.4 is 0 Å². The summed E-state index contributed by atoms with van der Waals surface area (Å²) in [6, 6.07) is 0. The van der Waals surface area contributed by atoms with Gasteiger partial charge in [-0.2, -0.15) is 0 Å². The highest BCUT2D eigenvalue weighted by molar-refractivity contribution is 5.85. The van der Waals surface area contributed by atoms with Crippen LogP contribution in [0.5, 0.6) is 0 Å². The van der Waals surface area contributed by atoms with Gasteiger partial charge in [-0.05, 0) is 6.42 Å². The Bertz CT molecular complexity index is 385. The molecule has 0 unspecified atom stereocenters. The molecule has 0 radical (unpaired) electrons. The van der Waals surface area contributed by atoms with Crippen LogP contribution in [0.15, 0.2) is 0 Å². The molecule has 11 heteroatoms. The van der Waals surface area contributed by atoms with Gasteiger partial charge in [-0.25, -0.2) is 0 Å². The average molecular weight is 390 g/mol. The Labute approximate surface area is 153 Å². The fourth-order valence-corrected chi connectivity index (χ4v) is 2.47. The zero-order valence-corrected chi connectivity index (χ0v) is 14.9. The van der Waals surface area contributed by atoms with Crippen molar-refractivity contribution in [3.63, 3.8) is 0 Å². The van der Waals surface area contributed by atoms with E-state index in [1.165, 1.54) is 0 Å². The van der Waals surface area contributed by atoms with Crippen LogP contribution in [0.4, 0.5) is 0 Å². The minimum absolute atomic E-state index is 0. The monoisotopic (exact) mass is 389 g/mol. The van der Waals surface area contributed by atoms with E-state index in [-0.39, 0.29) is 44.4 Å². The van der Waals surface area contributed by atoms with Gasteiger partial charge in [-0.1, -0.05) is 0 Å². The minimum Gasteiger partial charge on any atom is -0.480 e. The maximum atomic E-state index is 10.9. The van der Waals surface area contributed by atoms with Crippen LogP contribution in [0.25, 0.3) is 0 Å². The van der Waals surface area contributed by atoms with Gasteiger partial charge in [0, 0.05) is 39.3 Å². The molecule has 24 heavy (non-hydrogen) atoms. The van der Waals surface area contributed by atoms with E-state index in [9.17, 15) is 14.4 Å². The standard InChI is InChI=1S/C13H23N3O6.2ClH/c17-11(18)8-14-2-1-3-15(9-12(19)20)5-7-16(6-4-14)10-13(21)22;;/h1-10H2,(H,17,18)(H,19,20)(H,21,22);2*1H. The zero-order chi connectivity index (χ0) is 16.5. The van der Waals surface area contributed by atoms with E-state index in [0.717, 1.165) is 0 Å². The quantitative estimate of drug-likeness (QED) is 0.545. The number of halogens is 2. The summed E-state index contributed by atoms with van der Waals surface area (Å²) in [7, 11) is 0. The van der Waals surface area contributed by atoms with Crippen molar-refractivity contribution in [1.29, 1.82) is 0 Å². The van der Waals surface area contributed by atoms with Crippen molar-refractivity contribution in [2.75, 3.05) is 58.9 Å². The van der Waals surface area contributed by atoms with E-state index in [2.05, 4.69) is 0 Å². The van der Waals surface area contributed by atoms with E-state index in [1.807, 2.05) is 0 Å². The highest BCUT2D eigenvalue weighted by Gasteiger charge is 2.18. The number of carboxylic acid groups (broad SMARTS) is 3. The Morgan fingerprint density at radius 2 is 0.833 bits per heavy atom. The fourth-order valence-electron chi connectivity index (χ4n) is 2.47. The number of hydrogen-bond donors (Lipinski definition) is 3. The third kappa shape index (κ3) is 11.4. The molecule has 1 heterocycles. The molecule has 1 aliphatic rings. The van der Waals surface area contributed by atoms with Crippen molar-refractivity contribution >= 4 is 42.7 Å². The number of carbonyl (C=O) groups is 3. The SMILES string of the molecule is Cl.Cl.O=C(O)CN1CCCN(CC(=O)O)CCN(CC(=O)O)CC1. The summed E-state index contributed by atoms with van der Waals surface area (Å²) in [5, 5.41) is 26.7. The van der Waals surface area contributed by atoms with Crippen molar-refractivity contribution in [3.05, 3.63) is 0 Å². The summed E-state index contributed by atoms with van der Waals surface area (Å²) in [6.07, 6.45) is 0.680. The zero-order valence-electron chi connectivity index (χ0n) is 13.3. The number of rotatable bonds is 6. The van der Waals surface area contributed by atoms with Gasteiger partial charge in [0.2, 0.25) is 0 Å². The van der Waals surface area contributed by atoms with Crippen molar-refractivity contribution < 1.29 is 29.7 Å². The van der Waals surface area contributed by atoms with Crippen LogP contribution in [0, 0.1) is 0 Å². The Morgan fingerprint density at radius 1 is 0.583 bits per heavy atom. The molecular weight excluding hydrogens is 365 g/mol. The lowest BCUT2D eigenvalue weighted by Gasteiger charge is -2.31. The van der Waals surface area contributed by atoms with Crippen LogP contribution in [0.1, 0.15) is 6.42 Å². The van der Waals surface area contributed by atoms with Crippen LogP contribution in [0.3, 0.4) is 0 Å². The molecule has 0 aromatic rings. The molecule has 0 aromatic carbocycles. The van der Waals surface area contributed by atoms with E-state index < -0.39 is 17.9 Å². The average Bonchev–Trinajstić information content (AvgIpc) is 2.38. The molecule has 0 saturated carbocycles. The molecule has 1 rings (SSSR count). The van der Waals surface area contributed by atoms with E-state index in [4.69, 9.17) is 15.3 Å². The third-order valence-corrected chi connectivity index (χ3v) is 3.49.